The van der Waals surface area contributed by atoms with Gasteiger partial charge in [0, 0.05) is 12.8 Å². The summed E-state index contributed by atoms with van der Waals surface area (Å²) >= 11 is 0. The van der Waals surface area contributed by atoms with Crippen molar-refractivity contribution in [3.05, 3.63) is 29.8 Å². The predicted octanol–water partition coefficient (Wildman–Crippen LogP) is 2.72. The van der Waals surface area contributed by atoms with Crippen LogP contribution in [0.15, 0.2) is 24.3 Å². The van der Waals surface area contributed by atoms with Crippen molar-refractivity contribution in [2.24, 2.45) is 0 Å². The molecule has 0 bridgehead atoms. The molecule has 0 amide bonds. The van der Waals surface area contributed by atoms with Crippen molar-refractivity contribution in [2.75, 3.05) is 7.11 Å². The van der Waals surface area contributed by atoms with Crippen LogP contribution in [0.3, 0.4) is 0 Å². The minimum atomic E-state index is -0.531. The molecule has 20 heavy (non-hydrogen) atoms. The Kier molecular flexibility index (Phi) is 7.26. The molecule has 1 aromatic carbocycles. The van der Waals surface area contributed by atoms with E-state index in [9.17, 15) is 9.90 Å². The van der Waals surface area contributed by atoms with Crippen LogP contribution in [0.25, 0.3) is 0 Å². The first-order valence-corrected chi connectivity index (χ1v) is 6.99. The maximum absolute atomic E-state index is 11.7. The van der Waals surface area contributed by atoms with E-state index in [1.807, 2.05) is 38.1 Å². The van der Waals surface area contributed by atoms with Crippen LogP contribution in [0.5, 0.6) is 5.75 Å². The van der Waals surface area contributed by atoms with Crippen molar-refractivity contribution in [1.29, 1.82) is 0 Å². The van der Waals surface area contributed by atoms with Crippen molar-refractivity contribution in [3.8, 4) is 5.75 Å². The third-order valence-electron chi connectivity index (χ3n) is 3.14. The molecule has 2 atom stereocenters. The maximum atomic E-state index is 11.7. The molecule has 1 N–H and O–H groups in total. The number of carbonyl (C=O) groups excluding carboxylic acids is 1. The third kappa shape index (κ3) is 6.17. The molecule has 0 aliphatic heterocycles. The molecule has 0 radical (unpaired) electrons. The molecule has 0 aliphatic rings. The number of ketones is 1. The minimum Gasteiger partial charge on any atom is -0.497 e. The van der Waals surface area contributed by atoms with E-state index < -0.39 is 6.10 Å². The molecule has 4 heteroatoms. The summed E-state index contributed by atoms with van der Waals surface area (Å²) in [6.45, 7) is 4.20. The minimum absolute atomic E-state index is 0.0431. The zero-order chi connectivity index (χ0) is 15.0. The fourth-order valence-electron chi connectivity index (χ4n) is 1.83. The molecule has 0 aromatic heterocycles. The van der Waals surface area contributed by atoms with Crippen LogP contribution in [0.1, 0.15) is 38.7 Å². The molecule has 1 aromatic rings. The summed E-state index contributed by atoms with van der Waals surface area (Å²) in [7, 11) is 1.63. The van der Waals surface area contributed by atoms with E-state index in [0.29, 0.717) is 19.4 Å². The number of Topliss-reactive ketones (excluding diaryl/α,β-unsaturated/α-hetero) is 1. The van der Waals surface area contributed by atoms with Gasteiger partial charge in [-0.05, 0) is 31.0 Å². The quantitative estimate of drug-likeness (QED) is 0.755. The van der Waals surface area contributed by atoms with Crippen LogP contribution in [-0.2, 0) is 16.1 Å². The Morgan fingerprint density at radius 2 is 1.90 bits per heavy atom. The van der Waals surface area contributed by atoms with E-state index in [4.69, 9.17) is 9.47 Å². The first kappa shape index (κ1) is 16.7. The molecule has 1 rings (SSSR count). The average molecular weight is 280 g/mol. The highest BCUT2D eigenvalue weighted by Crippen LogP contribution is 2.13. The zero-order valence-corrected chi connectivity index (χ0v) is 12.5. The monoisotopic (exact) mass is 280 g/mol. The lowest BCUT2D eigenvalue weighted by Gasteiger charge is -2.14. The van der Waals surface area contributed by atoms with Crippen LogP contribution >= 0.6 is 0 Å². The second-order valence-electron chi connectivity index (χ2n) is 4.98. The van der Waals surface area contributed by atoms with Gasteiger partial charge in [0.1, 0.15) is 11.5 Å². The van der Waals surface area contributed by atoms with Crippen molar-refractivity contribution in [3.63, 3.8) is 0 Å². The molecule has 0 unspecified atom stereocenters. The van der Waals surface area contributed by atoms with Gasteiger partial charge in [0.25, 0.3) is 0 Å². The van der Waals surface area contributed by atoms with E-state index >= 15 is 0 Å². The number of benzene rings is 1. The van der Waals surface area contributed by atoms with Gasteiger partial charge < -0.3 is 14.6 Å². The third-order valence-corrected chi connectivity index (χ3v) is 3.14. The average Bonchev–Trinajstić information content (AvgIpc) is 2.45. The number of carbonyl (C=O) groups is 1. The number of rotatable bonds is 9. The summed E-state index contributed by atoms with van der Waals surface area (Å²) in [5, 5.41) is 9.43. The Bertz CT molecular complexity index is 399. The molecular weight excluding hydrogens is 256 g/mol. The number of hydrogen-bond donors (Lipinski definition) is 1. The summed E-state index contributed by atoms with van der Waals surface area (Å²) in [5.74, 6) is 0.854. The topological polar surface area (TPSA) is 55.8 Å². The molecule has 0 saturated carbocycles. The van der Waals surface area contributed by atoms with Crippen molar-refractivity contribution >= 4 is 5.78 Å². The van der Waals surface area contributed by atoms with Crippen molar-refractivity contribution < 1.29 is 19.4 Å². The van der Waals surface area contributed by atoms with E-state index in [1.54, 1.807) is 7.11 Å². The van der Waals surface area contributed by atoms with E-state index in [-0.39, 0.29) is 18.3 Å². The predicted molar refractivity (Wildman–Crippen MR) is 77.8 cm³/mol. The van der Waals surface area contributed by atoms with Gasteiger partial charge in [0.2, 0.25) is 0 Å². The molecule has 0 fully saturated rings. The van der Waals surface area contributed by atoms with E-state index in [2.05, 4.69) is 0 Å². The normalized spacial score (nSPS) is 13.8. The van der Waals surface area contributed by atoms with Gasteiger partial charge in [-0.2, -0.15) is 0 Å². The lowest BCUT2D eigenvalue weighted by molar-refractivity contribution is -0.123. The van der Waals surface area contributed by atoms with Crippen molar-refractivity contribution in [2.45, 2.75) is 51.9 Å². The molecule has 4 nitrogen and oxygen atoms in total. The Labute approximate surface area is 120 Å². The van der Waals surface area contributed by atoms with Gasteiger partial charge in [0.05, 0.1) is 25.9 Å². The molecule has 112 valence electrons. The van der Waals surface area contributed by atoms with Gasteiger partial charge in [0.15, 0.2) is 0 Å². The highest BCUT2D eigenvalue weighted by atomic mass is 16.5. The summed E-state index contributed by atoms with van der Waals surface area (Å²) in [6, 6.07) is 7.64. The SMILES string of the molecule is CC[C@@H](O)CC(=O)C[C@@H](C)OCc1ccc(OC)cc1. The van der Waals surface area contributed by atoms with Crippen LogP contribution in [0.4, 0.5) is 0 Å². The molecular formula is C16H24O4. The first-order valence-electron chi connectivity index (χ1n) is 6.99. The Morgan fingerprint density at radius 1 is 1.25 bits per heavy atom. The zero-order valence-electron chi connectivity index (χ0n) is 12.5. The lowest BCUT2D eigenvalue weighted by Crippen LogP contribution is -2.18. The van der Waals surface area contributed by atoms with Gasteiger partial charge in [-0.15, -0.1) is 0 Å². The van der Waals surface area contributed by atoms with E-state index in [0.717, 1.165) is 11.3 Å². The van der Waals surface area contributed by atoms with Gasteiger partial charge in [-0.25, -0.2) is 0 Å². The molecule has 0 heterocycles. The Balaban J connectivity index is 2.31. The number of ether oxygens (including phenoxy) is 2. The molecule has 0 spiro atoms. The van der Waals surface area contributed by atoms with Gasteiger partial charge in [-0.3, -0.25) is 4.79 Å². The maximum Gasteiger partial charge on any atom is 0.138 e. The molecule has 0 saturated heterocycles. The summed E-state index contributed by atoms with van der Waals surface area (Å²) in [4.78, 5) is 11.7. The second kappa shape index (κ2) is 8.72. The Hall–Kier alpha value is -1.39. The molecule has 0 aliphatic carbocycles. The number of aliphatic hydroxyl groups is 1. The second-order valence-corrected chi connectivity index (χ2v) is 4.98. The number of aliphatic hydroxyl groups excluding tert-OH is 1. The van der Waals surface area contributed by atoms with Crippen molar-refractivity contribution in [1.82, 2.24) is 0 Å². The van der Waals surface area contributed by atoms with Crippen LogP contribution in [0, 0.1) is 0 Å². The van der Waals surface area contributed by atoms with Crippen LogP contribution in [0.2, 0.25) is 0 Å². The highest BCUT2D eigenvalue weighted by molar-refractivity contribution is 5.79. The number of hydrogen-bond acceptors (Lipinski definition) is 4. The Morgan fingerprint density at radius 3 is 2.45 bits per heavy atom. The number of methoxy groups -OCH3 is 1. The fourth-order valence-corrected chi connectivity index (χ4v) is 1.83. The lowest BCUT2D eigenvalue weighted by atomic mass is 10.1. The summed E-state index contributed by atoms with van der Waals surface area (Å²) in [6.07, 6.45) is 0.484. The fraction of sp³-hybridized carbons (Fsp3) is 0.562. The van der Waals surface area contributed by atoms with Gasteiger partial charge in [-0.1, -0.05) is 19.1 Å². The van der Waals surface area contributed by atoms with Crippen LogP contribution < -0.4 is 4.74 Å². The summed E-state index contributed by atoms with van der Waals surface area (Å²) in [5.41, 5.74) is 1.04. The highest BCUT2D eigenvalue weighted by Gasteiger charge is 2.13. The standard InChI is InChI=1S/C16H24O4/c1-4-14(17)10-15(18)9-12(2)20-11-13-5-7-16(19-3)8-6-13/h5-8,12,14,17H,4,9-11H2,1-3H3/t12-,14-/m1/s1. The van der Waals surface area contributed by atoms with E-state index in [1.165, 1.54) is 0 Å². The summed E-state index contributed by atoms with van der Waals surface area (Å²) < 4.78 is 10.7. The largest absolute Gasteiger partial charge is 0.497 e. The van der Waals surface area contributed by atoms with Gasteiger partial charge >= 0.3 is 0 Å². The first-order chi connectivity index (χ1) is 9.55. The smallest absolute Gasteiger partial charge is 0.138 e. The van der Waals surface area contributed by atoms with Crippen LogP contribution in [-0.4, -0.2) is 30.2 Å².